The third kappa shape index (κ3) is 4.86. The SMILES string of the molecule is O=C(CCN1CCC(=C(C2=CCCC=C2)c2ccccc2)CC1)O[C@@H]1C2CCOCC21. The molecule has 2 aliphatic heterocycles. The van der Waals surface area contributed by atoms with Crippen LogP contribution in [0.2, 0.25) is 0 Å². The van der Waals surface area contributed by atoms with E-state index >= 15 is 0 Å². The first-order valence-electron chi connectivity index (χ1n) is 11.9. The molecule has 3 atom stereocenters. The number of allylic oxidation sites excluding steroid dienone is 5. The highest BCUT2D eigenvalue weighted by Crippen LogP contribution is 2.47. The van der Waals surface area contributed by atoms with Crippen LogP contribution in [0, 0.1) is 11.8 Å². The van der Waals surface area contributed by atoms with Gasteiger partial charge in [-0.1, -0.05) is 54.1 Å². The van der Waals surface area contributed by atoms with Gasteiger partial charge in [0.25, 0.3) is 0 Å². The predicted octanol–water partition coefficient (Wildman–Crippen LogP) is 4.78. The molecule has 0 radical (unpaired) electrons. The Morgan fingerprint density at radius 3 is 2.65 bits per heavy atom. The Hall–Kier alpha value is -2.17. The molecular weight excluding hydrogens is 386 g/mol. The minimum atomic E-state index is -0.0387. The molecule has 0 spiro atoms. The molecule has 1 saturated carbocycles. The largest absolute Gasteiger partial charge is 0.462 e. The molecule has 5 rings (SSSR count). The Labute approximate surface area is 185 Å². The summed E-state index contributed by atoms with van der Waals surface area (Å²) in [6, 6.07) is 10.8. The first-order valence-corrected chi connectivity index (χ1v) is 11.9. The van der Waals surface area contributed by atoms with E-state index in [1.165, 1.54) is 16.7 Å². The number of fused-ring (bicyclic) bond motifs is 1. The van der Waals surface area contributed by atoms with Crippen molar-refractivity contribution in [3.63, 3.8) is 0 Å². The number of carbonyl (C=O) groups excluding carboxylic acids is 1. The first-order chi connectivity index (χ1) is 15.3. The number of hydrogen-bond donors (Lipinski definition) is 0. The van der Waals surface area contributed by atoms with Crippen molar-refractivity contribution in [1.29, 1.82) is 0 Å². The normalized spacial score (nSPS) is 27.9. The van der Waals surface area contributed by atoms with Gasteiger partial charge >= 0.3 is 5.97 Å². The standard InChI is InChI=1S/C27H33NO3/c29-25(31-27-23-14-18-30-19-24(23)27)13-17-28-15-11-22(12-16-28)26(20-7-3-1-4-8-20)21-9-5-2-6-10-21/h1,3-5,7-10,23-24,27H,2,6,11-19H2/t23?,24?,27-/m1/s1. The molecule has 0 bridgehead atoms. The molecule has 0 N–H and O–H groups in total. The Morgan fingerprint density at radius 1 is 1.10 bits per heavy atom. The summed E-state index contributed by atoms with van der Waals surface area (Å²) < 4.78 is 11.2. The summed E-state index contributed by atoms with van der Waals surface area (Å²) >= 11 is 0. The maximum Gasteiger partial charge on any atom is 0.307 e. The van der Waals surface area contributed by atoms with E-state index in [9.17, 15) is 4.79 Å². The summed E-state index contributed by atoms with van der Waals surface area (Å²) in [5, 5.41) is 0. The lowest BCUT2D eigenvalue weighted by Crippen LogP contribution is -2.33. The van der Waals surface area contributed by atoms with Crippen LogP contribution in [0.3, 0.4) is 0 Å². The molecule has 4 heteroatoms. The monoisotopic (exact) mass is 419 g/mol. The quantitative estimate of drug-likeness (QED) is 0.622. The summed E-state index contributed by atoms with van der Waals surface area (Å²) in [5.74, 6) is 0.975. The molecule has 4 nitrogen and oxygen atoms in total. The maximum atomic E-state index is 12.3. The highest BCUT2D eigenvalue weighted by atomic mass is 16.6. The summed E-state index contributed by atoms with van der Waals surface area (Å²) in [6.45, 7) is 4.40. The van der Waals surface area contributed by atoms with Crippen molar-refractivity contribution >= 4 is 11.5 Å². The third-order valence-corrected chi connectivity index (χ3v) is 7.22. The molecule has 164 valence electrons. The fourth-order valence-electron chi connectivity index (χ4n) is 5.36. The molecule has 1 aromatic carbocycles. The van der Waals surface area contributed by atoms with Crippen LogP contribution in [0.1, 0.15) is 44.1 Å². The van der Waals surface area contributed by atoms with Crippen molar-refractivity contribution in [2.75, 3.05) is 32.8 Å². The first kappa shape index (κ1) is 20.7. The molecule has 2 unspecified atom stereocenters. The average molecular weight is 420 g/mol. The smallest absolute Gasteiger partial charge is 0.307 e. The number of hydrogen-bond acceptors (Lipinski definition) is 4. The summed E-state index contributed by atoms with van der Waals surface area (Å²) in [5.41, 5.74) is 5.67. The van der Waals surface area contributed by atoms with Crippen molar-refractivity contribution in [2.45, 2.75) is 44.6 Å². The number of esters is 1. The van der Waals surface area contributed by atoms with Gasteiger partial charge in [-0.25, -0.2) is 0 Å². The summed E-state index contributed by atoms with van der Waals surface area (Å²) in [4.78, 5) is 14.7. The Bertz CT molecular complexity index is 863. The van der Waals surface area contributed by atoms with E-state index in [-0.39, 0.29) is 12.1 Å². The zero-order valence-electron chi connectivity index (χ0n) is 18.3. The molecule has 2 aliphatic carbocycles. The van der Waals surface area contributed by atoms with Gasteiger partial charge in [0.05, 0.1) is 13.0 Å². The van der Waals surface area contributed by atoms with Gasteiger partial charge in [0.2, 0.25) is 0 Å². The van der Waals surface area contributed by atoms with Crippen LogP contribution in [0.4, 0.5) is 0 Å². The lowest BCUT2D eigenvalue weighted by molar-refractivity contribution is -0.146. The molecule has 0 aromatic heterocycles. The number of carbonyl (C=O) groups is 1. The van der Waals surface area contributed by atoms with Crippen LogP contribution in [0.15, 0.2) is 59.7 Å². The van der Waals surface area contributed by atoms with Crippen LogP contribution in [-0.4, -0.2) is 49.8 Å². The van der Waals surface area contributed by atoms with E-state index in [1.807, 2.05) is 0 Å². The molecule has 1 aromatic rings. The van der Waals surface area contributed by atoms with E-state index in [0.29, 0.717) is 18.3 Å². The number of ether oxygens (including phenoxy) is 2. The molecular formula is C27H33NO3. The fourth-order valence-corrected chi connectivity index (χ4v) is 5.36. The average Bonchev–Trinajstić information content (AvgIpc) is 3.52. The lowest BCUT2D eigenvalue weighted by Gasteiger charge is -2.30. The van der Waals surface area contributed by atoms with Crippen molar-refractivity contribution < 1.29 is 14.3 Å². The molecule has 3 fully saturated rings. The Kier molecular flexibility index (Phi) is 6.37. The number of benzene rings is 1. The van der Waals surface area contributed by atoms with Crippen molar-refractivity contribution in [2.24, 2.45) is 11.8 Å². The van der Waals surface area contributed by atoms with Gasteiger partial charge in [-0.3, -0.25) is 4.79 Å². The zero-order valence-corrected chi connectivity index (χ0v) is 18.3. The number of rotatable bonds is 6. The highest BCUT2D eigenvalue weighted by Gasteiger charge is 2.54. The Balaban J connectivity index is 1.17. The second-order valence-corrected chi connectivity index (χ2v) is 9.22. The van der Waals surface area contributed by atoms with E-state index in [1.54, 1.807) is 5.57 Å². The van der Waals surface area contributed by atoms with Gasteiger partial charge < -0.3 is 14.4 Å². The predicted molar refractivity (Wildman–Crippen MR) is 122 cm³/mol. The summed E-state index contributed by atoms with van der Waals surface area (Å²) in [6.07, 6.45) is 13.0. The van der Waals surface area contributed by atoms with Crippen LogP contribution in [0.25, 0.3) is 5.57 Å². The molecule has 0 amide bonds. The second kappa shape index (κ2) is 9.54. The lowest BCUT2D eigenvalue weighted by atomic mass is 9.86. The fraction of sp³-hybridized carbons (Fsp3) is 0.519. The zero-order chi connectivity index (χ0) is 21.0. The van der Waals surface area contributed by atoms with Crippen LogP contribution in [-0.2, 0) is 14.3 Å². The summed E-state index contributed by atoms with van der Waals surface area (Å²) in [7, 11) is 0. The molecule has 2 saturated heterocycles. The van der Waals surface area contributed by atoms with Gasteiger partial charge in [0, 0.05) is 38.1 Å². The molecule has 4 aliphatic rings. The van der Waals surface area contributed by atoms with Crippen molar-refractivity contribution in [3.8, 4) is 0 Å². The molecule has 31 heavy (non-hydrogen) atoms. The van der Waals surface area contributed by atoms with Gasteiger partial charge in [0.15, 0.2) is 0 Å². The van der Waals surface area contributed by atoms with Gasteiger partial charge in [-0.2, -0.15) is 0 Å². The third-order valence-electron chi connectivity index (χ3n) is 7.22. The van der Waals surface area contributed by atoms with Crippen molar-refractivity contribution in [1.82, 2.24) is 4.90 Å². The number of likely N-dealkylation sites (tertiary alicyclic amines) is 1. The number of nitrogens with zero attached hydrogens (tertiary/aromatic N) is 1. The topological polar surface area (TPSA) is 38.8 Å². The highest BCUT2D eigenvalue weighted by molar-refractivity contribution is 5.84. The Morgan fingerprint density at radius 2 is 1.94 bits per heavy atom. The van der Waals surface area contributed by atoms with Crippen LogP contribution >= 0.6 is 0 Å². The van der Waals surface area contributed by atoms with E-state index in [2.05, 4.69) is 53.5 Å². The van der Waals surface area contributed by atoms with Gasteiger partial charge in [-0.05, 0) is 48.8 Å². The van der Waals surface area contributed by atoms with Crippen molar-refractivity contribution in [3.05, 3.63) is 65.3 Å². The van der Waals surface area contributed by atoms with Crippen LogP contribution < -0.4 is 0 Å². The molecule has 2 heterocycles. The van der Waals surface area contributed by atoms with Gasteiger partial charge in [0.1, 0.15) is 6.10 Å². The van der Waals surface area contributed by atoms with E-state index in [4.69, 9.17) is 9.47 Å². The number of piperidine rings is 1. The van der Waals surface area contributed by atoms with Crippen LogP contribution in [0.5, 0.6) is 0 Å². The second-order valence-electron chi connectivity index (χ2n) is 9.22. The van der Waals surface area contributed by atoms with E-state index in [0.717, 1.165) is 65.0 Å². The van der Waals surface area contributed by atoms with E-state index < -0.39 is 0 Å². The van der Waals surface area contributed by atoms with Gasteiger partial charge in [-0.15, -0.1) is 0 Å². The minimum absolute atomic E-state index is 0.0387. The minimum Gasteiger partial charge on any atom is -0.462 e. The maximum absolute atomic E-state index is 12.3.